The van der Waals surface area contributed by atoms with Crippen LogP contribution in [0, 0.1) is 12.7 Å². The van der Waals surface area contributed by atoms with Gasteiger partial charge in [0, 0.05) is 33.7 Å². The quantitative estimate of drug-likeness (QED) is 0.664. The Balaban J connectivity index is 1.54. The molecule has 2 heterocycles. The number of carbonyl (C=O) groups excluding carboxylic acids is 1. The largest absolute Gasteiger partial charge is 0.368 e. The molecule has 3 aromatic rings. The molecule has 0 radical (unpaired) electrons. The molecule has 1 amide bonds. The van der Waals surface area contributed by atoms with Crippen LogP contribution in [0.4, 0.5) is 4.39 Å². The van der Waals surface area contributed by atoms with E-state index in [0.29, 0.717) is 10.6 Å². The second kappa shape index (κ2) is 8.17. The molecule has 0 atom stereocenters. The standard InChI is InChI=1S/C23H25ClFN3O/c1-15-18(17-5-2-3-8-21(17)28(15)14-22(26)29)13-27-11-9-16(10-12-27)23-19(24)6-4-7-20(23)25/h2-8,16H,9-14H2,1H3,(H2,26,29). The minimum absolute atomic E-state index is 0.150. The highest BCUT2D eigenvalue weighted by Gasteiger charge is 2.26. The molecule has 4 nitrogen and oxygen atoms in total. The fourth-order valence-corrected chi connectivity index (χ4v) is 4.88. The number of benzene rings is 2. The molecule has 1 aromatic heterocycles. The van der Waals surface area contributed by atoms with Crippen molar-refractivity contribution in [1.29, 1.82) is 0 Å². The molecule has 152 valence electrons. The molecule has 1 aliphatic rings. The van der Waals surface area contributed by atoms with E-state index < -0.39 is 0 Å². The fraction of sp³-hybridized carbons (Fsp3) is 0.348. The third-order valence-electron chi connectivity index (χ3n) is 6.05. The first-order chi connectivity index (χ1) is 14.0. The van der Waals surface area contributed by atoms with Crippen molar-refractivity contribution in [3.63, 3.8) is 0 Å². The number of rotatable bonds is 5. The van der Waals surface area contributed by atoms with E-state index in [-0.39, 0.29) is 24.2 Å². The molecule has 4 rings (SSSR count). The van der Waals surface area contributed by atoms with Crippen molar-refractivity contribution in [1.82, 2.24) is 9.47 Å². The first-order valence-electron chi connectivity index (χ1n) is 9.97. The van der Waals surface area contributed by atoms with E-state index in [2.05, 4.69) is 11.0 Å². The summed E-state index contributed by atoms with van der Waals surface area (Å²) in [5.74, 6) is -0.401. The molecule has 1 fully saturated rings. The van der Waals surface area contributed by atoms with Gasteiger partial charge in [-0.25, -0.2) is 4.39 Å². The van der Waals surface area contributed by atoms with Gasteiger partial charge in [-0.15, -0.1) is 0 Å². The topological polar surface area (TPSA) is 51.3 Å². The zero-order valence-corrected chi connectivity index (χ0v) is 17.3. The first-order valence-corrected chi connectivity index (χ1v) is 10.3. The smallest absolute Gasteiger partial charge is 0.237 e. The van der Waals surface area contributed by atoms with Gasteiger partial charge in [0.15, 0.2) is 0 Å². The van der Waals surface area contributed by atoms with Crippen LogP contribution in [-0.4, -0.2) is 28.5 Å². The number of piperidine rings is 1. The number of hydrogen-bond acceptors (Lipinski definition) is 2. The van der Waals surface area contributed by atoms with Crippen LogP contribution < -0.4 is 5.73 Å². The van der Waals surface area contributed by atoms with Crippen molar-refractivity contribution in [3.8, 4) is 0 Å². The third kappa shape index (κ3) is 3.89. The molecule has 0 bridgehead atoms. The number of hydrogen-bond donors (Lipinski definition) is 1. The molecule has 0 spiro atoms. The Labute approximate surface area is 175 Å². The zero-order chi connectivity index (χ0) is 20.5. The normalized spacial score (nSPS) is 15.8. The van der Waals surface area contributed by atoms with Gasteiger partial charge in [0.1, 0.15) is 12.4 Å². The third-order valence-corrected chi connectivity index (χ3v) is 6.38. The van der Waals surface area contributed by atoms with Crippen LogP contribution in [0.2, 0.25) is 5.02 Å². The van der Waals surface area contributed by atoms with Crippen LogP contribution in [0.1, 0.15) is 35.6 Å². The van der Waals surface area contributed by atoms with Gasteiger partial charge in [0.25, 0.3) is 0 Å². The van der Waals surface area contributed by atoms with E-state index >= 15 is 0 Å². The molecule has 2 N–H and O–H groups in total. The number of likely N-dealkylation sites (tertiary alicyclic amines) is 1. The van der Waals surface area contributed by atoms with Gasteiger partial charge in [-0.3, -0.25) is 9.69 Å². The lowest BCUT2D eigenvalue weighted by molar-refractivity contribution is -0.118. The van der Waals surface area contributed by atoms with Crippen molar-refractivity contribution in [2.24, 2.45) is 5.73 Å². The summed E-state index contributed by atoms with van der Waals surface area (Å²) in [4.78, 5) is 13.9. The molecule has 1 aliphatic heterocycles. The van der Waals surface area contributed by atoms with Crippen LogP contribution in [0.3, 0.4) is 0 Å². The van der Waals surface area contributed by atoms with Crippen molar-refractivity contribution < 1.29 is 9.18 Å². The Hall–Kier alpha value is -2.37. The molecular formula is C23H25ClFN3O. The molecule has 6 heteroatoms. The lowest BCUT2D eigenvalue weighted by atomic mass is 9.89. The fourth-order valence-electron chi connectivity index (χ4n) is 4.57. The first kappa shape index (κ1) is 19.9. The Morgan fingerprint density at radius 3 is 2.59 bits per heavy atom. The average molecular weight is 414 g/mol. The zero-order valence-electron chi connectivity index (χ0n) is 16.5. The lowest BCUT2D eigenvalue weighted by Gasteiger charge is -2.32. The highest BCUT2D eigenvalue weighted by atomic mass is 35.5. The van der Waals surface area contributed by atoms with Crippen molar-refractivity contribution >= 4 is 28.4 Å². The van der Waals surface area contributed by atoms with E-state index in [1.54, 1.807) is 12.1 Å². The molecule has 29 heavy (non-hydrogen) atoms. The number of nitrogens with two attached hydrogens (primary N) is 1. The predicted molar refractivity (Wildman–Crippen MR) is 115 cm³/mol. The maximum atomic E-state index is 14.3. The number of aromatic nitrogens is 1. The summed E-state index contributed by atoms with van der Waals surface area (Å²) < 4.78 is 16.3. The summed E-state index contributed by atoms with van der Waals surface area (Å²) >= 11 is 6.27. The molecule has 0 saturated carbocycles. The number of fused-ring (bicyclic) bond motifs is 1. The maximum absolute atomic E-state index is 14.3. The van der Waals surface area contributed by atoms with E-state index in [1.807, 2.05) is 29.7 Å². The van der Waals surface area contributed by atoms with Gasteiger partial charge in [0.05, 0.1) is 0 Å². The lowest BCUT2D eigenvalue weighted by Crippen LogP contribution is -2.33. The van der Waals surface area contributed by atoms with Crippen LogP contribution in [0.25, 0.3) is 10.9 Å². The predicted octanol–water partition coefficient (Wildman–Crippen LogP) is 4.61. The molecule has 0 aliphatic carbocycles. The van der Waals surface area contributed by atoms with Crippen LogP contribution >= 0.6 is 11.6 Å². The van der Waals surface area contributed by atoms with Gasteiger partial charge in [-0.1, -0.05) is 35.9 Å². The summed E-state index contributed by atoms with van der Waals surface area (Å²) in [5.41, 5.74) is 9.45. The highest BCUT2D eigenvalue weighted by Crippen LogP contribution is 2.36. The van der Waals surface area contributed by atoms with Gasteiger partial charge in [0.2, 0.25) is 5.91 Å². The SMILES string of the molecule is Cc1c(CN2CCC(c3c(F)cccc3Cl)CC2)c2ccccc2n1CC(N)=O. The molecule has 0 unspecified atom stereocenters. The summed E-state index contributed by atoms with van der Waals surface area (Å²) in [6.45, 7) is 4.79. The molecule has 1 saturated heterocycles. The van der Waals surface area contributed by atoms with Crippen molar-refractivity contribution in [3.05, 3.63) is 70.1 Å². The van der Waals surface area contributed by atoms with E-state index in [4.69, 9.17) is 17.3 Å². The minimum Gasteiger partial charge on any atom is -0.368 e. The Morgan fingerprint density at radius 1 is 1.17 bits per heavy atom. The van der Waals surface area contributed by atoms with Gasteiger partial charge in [-0.05, 0) is 62.5 Å². The summed E-state index contributed by atoms with van der Waals surface area (Å²) in [5, 5.41) is 1.68. The Morgan fingerprint density at radius 2 is 1.90 bits per heavy atom. The number of carbonyl (C=O) groups is 1. The van der Waals surface area contributed by atoms with Gasteiger partial charge >= 0.3 is 0 Å². The Kier molecular flexibility index (Phi) is 5.61. The minimum atomic E-state index is -0.344. The molecule has 2 aromatic carbocycles. The number of primary amides is 1. The number of amides is 1. The second-order valence-corrected chi connectivity index (χ2v) is 8.23. The van der Waals surface area contributed by atoms with E-state index in [1.165, 1.54) is 11.6 Å². The number of para-hydroxylation sites is 1. The van der Waals surface area contributed by atoms with Crippen LogP contribution in [0.15, 0.2) is 42.5 Å². The summed E-state index contributed by atoms with van der Waals surface area (Å²) in [6, 6.07) is 13.0. The maximum Gasteiger partial charge on any atom is 0.237 e. The highest BCUT2D eigenvalue weighted by molar-refractivity contribution is 6.31. The average Bonchev–Trinajstić information content (AvgIpc) is 2.95. The van der Waals surface area contributed by atoms with Gasteiger partial charge in [-0.2, -0.15) is 0 Å². The summed E-state index contributed by atoms with van der Waals surface area (Å²) in [7, 11) is 0. The molecular weight excluding hydrogens is 389 g/mol. The second-order valence-electron chi connectivity index (χ2n) is 7.82. The van der Waals surface area contributed by atoms with Crippen LogP contribution in [-0.2, 0) is 17.9 Å². The number of nitrogens with zero attached hydrogens (tertiary/aromatic N) is 2. The Bertz CT molecular complexity index is 1030. The van der Waals surface area contributed by atoms with Crippen LogP contribution in [0.5, 0.6) is 0 Å². The number of halogens is 2. The monoisotopic (exact) mass is 413 g/mol. The van der Waals surface area contributed by atoms with E-state index in [0.717, 1.165) is 49.1 Å². The van der Waals surface area contributed by atoms with Crippen molar-refractivity contribution in [2.45, 2.75) is 38.8 Å². The van der Waals surface area contributed by atoms with Gasteiger partial charge < -0.3 is 10.3 Å². The van der Waals surface area contributed by atoms with Crippen molar-refractivity contribution in [2.75, 3.05) is 13.1 Å². The summed E-state index contributed by atoms with van der Waals surface area (Å²) in [6.07, 6.45) is 1.75. The van der Waals surface area contributed by atoms with E-state index in [9.17, 15) is 9.18 Å².